The van der Waals surface area contributed by atoms with Crippen molar-refractivity contribution in [1.29, 1.82) is 0 Å². The van der Waals surface area contributed by atoms with E-state index in [0.717, 1.165) is 0 Å². The molecule has 0 aliphatic carbocycles. The summed E-state index contributed by atoms with van der Waals surface area (Å²) in [7, 11) is 0. The van der Waals surface area contributed by atoms with Crippen LogP contribution in [0, 0.1) is 5.92 Å². The summed E-state index contributed by atoms with van der Waals surface area (Å²) in [5.41, 5.74) is -3.33. The van der Waals surface area contributed by atoms with Gasteiger partial charge in [0.2, 0.25) is 0 Å². The Kier molecular flexibility index (Phi) is 6.30. The molecular formula is C32H40ClNO4. The number of carbonyl (C=O) groups is 1. The molecule has 1 aliphatic rings. The molecule has 1 aliphatic heterocycles. The average molecular weight is 548 g/mol. The van der Waals surface area contributed by atoms with E-state index in [1.54, 1.807) is 38.1 Å². The molecule has 38 heavy (non-hydrogen) atoms. The molecule has 0 spiro atoms. The third kappa shape index (κ3) is 6.47. The highest BCUT2D eigenvalue weighted by Crippen LogP contribution is 2.42. The largest absolute Gasteiger partial charge is 0.481 e. The molecule has 1 saturated heterocycles. The zero-order chi connectivity index (χ0) is 35.2. The number of aliphatic hydroxyl groups excluding tert-OH is 1. The van der Waals surface area contributed by atoms with E-state index in [0.29, 0.717) is 43.6 Å². The van der Waals surface area contributed by atoms with Gasteiger partial charge >= 0.3 is 5.97 Å². The Morgan fingerprint density at radius 1 is 0.947 bits per heavy atom. The third-order valence-corrected chi connectivity index (χ3v) is 7.44. The van der Waals surface area contributed by atoms with E-state index in [1.807, 2.05) is 0 Å². The summed E-state index contributed by atoms with van der Waals surface area (Å²) in [6.07, 6.45) is 0.711. The predicted octanol–water partition coefficient (Wildman–Crippen LogP) is 5.93. The molecule has 0 radical (unpaired) electrons. The normalized spacial score (nSPS) is 19.7. The maximum absolute atomic E-state index is 12.5. The van der Waals surface area contributed by atoms with Gasteiger partial charge in [0.1, 0.15) is 5.60 Å². The Morgan fingerprint density at radius 2 is 1.45 bits per heavy atom. The minimum Gasteiger partial charge on any atom is -0.481 e. The van der Waals surface area contributed by atoms with Crippen LogP contribution in [0.2, 0.25) is 0 Å². The van der Waals surface area contributed by atoms with Gasteiger partial charge in [0.05, 0.1) is 25.2 Å². The lowest BCUT2D eigenvalue weighted by Crippen LogP contribution is -2.44. The molecule has 3 aromatic rings. The molecule has 5 nitrogen and oxygen atoms in total. The molecule has 0 saturated carbocycles. The Hall–Kier alpha value is -2.70. The zero-order valence-electron chi connectivity index (χ0n) is 31.5. The first kappa shape index (κ1) is 18.6. The lowest BCUT2D eigenvalue weighted by Gasteiger charge is -2.42. The molecule has 1 fully saturated rings. The summed E-state index contributed by atoms with van der Waals surface area (Å²) in [5.74, 6) is -1.81. The van der Waals surface area contributed by atoms with Crippen LogP contribution in [0.1, 0.15) is 81.6 Å². The Labute approximate surface area is 246 Å². The van der Waals surface area contributed by atoms with Gasteiger partial charge in [0.25, 0.3) is 0 Å². The summed E-state index contributed by atoms with van der Waals surface area (Å²) in [6.45, 7) is 4.60. The second-order valence-corrected chi connectivity index (χ2v) is 10.1. The van der Waals surface area contributed by atoms with Crippen LogP contribution in [0.3, 0.4) is 0 Å². The van der Waals surface area contributed by atoms with Crippen molar-refractivity contribution in [2.75, 3.05) is 19.6 Å². The maximum atomic E-state index is 12.5. The van der Waals surface area contributed by atoms with E-state index >= 15 is 0 Å². The Morgan fingerprint density at radius 3 is 1.92 bits per heavy atom. The molecule has 6 heteroatoms. The highest BCUT2D eigenvalue weighted by Gasteiger charge is 2.41. The molecule has 0 amide bonds. The molecular weight excluding hydrogens is 498 g/mol. The van der Waals surface area contributed by atoms with Crippen LogP contribution in [0.25, 0.3) is 0 Å². The Bertz CT molecular complexity index is 1550. The van der Waals surface area contributed by atoms with Crippen molar-refractivity contribution < 1.29 is 33.8 Å². The van der Waals surface area contributed by atoms with Gasteiger partial charge in [-0.25, -0.2) is 0 Å². The quantitative estimate of drug-likeness (QED) is 0.293. The first-order valence-corrected chi connectivity index (χ1v) is 12.5. The molecule has 0 bridgehead atoms. The number of rotatable bonds is 10. The standard InChI is InChI=1S/C32H39NO4.ClH/c1-31(2,30(35)36)25-17-15-24(16-18-25)29(34)14-9-21-33-22-19-28(20-23-33)32(37,26-10-5-3-6-11-26)27-12-7-4-8-13-27;/h3-8,10-13,15-18,28-29,34,37H,9,14,19-23H2,1-2H3,(H,35,36);1H/i3D,4D,5D,6D,7D,8D,10D,11D,12D,13D;. The molecule has 0 aromatic heterocycles. The van der Waals surface area contributed by atoms with Crippen LogP contribution in [0.15, 0.2) is 84.7 Å². The van der Waals surface area contributed by atoms with E-state index in [1.165, 1.54) is 0 Å². The van der Waals surface area contributed by atoms with Crippen LogP contribution in [0.4, 0.5) is 0 Å². The van der Waals surface area contributed by atoms with E-state index in [4.69, 9.17) is 13.7 Å². The first-order valence-electron chi connectivity index (χ1n) is 17.5. The highest BCUT2D eigenvalue weighted by atomic mass is 35.5. The number of hydrogen-bond donors (Lipinski definition) is 3. The number of aliphatic carboxylic acids is 1. The summed E-state index contributed by atoms with van der Waals surface area (Å²) in [4.78, 5) is 13.6. The minimum atomic E-state index is -2.50. The van der Waals surface area contributed by atoms with Gasteiger partial charge in [-0.1, -0.05) is 84.7 Å². The van der Waals surface area contributed by atoms with Crippen LogP contribution in [-0.4, -0.2) is 45.8 Å². The van der Waals surface area contributed by atoms with Crippen molar-refractivity contribution in [3.63, 3.8) is 0 Å². The topological polar surface area (TPSA) is 81.0 Å². The zero-order valence-corrected chi connectivity index (χ0v) is 22.3. The molecule has 1 unspecified atom stereocenters. The lowest BCUT2D eigenvalue weighted by molar-refractivity contribution is -0.142. The van der Waals surface area contributed by atoms with Crippen molar-refractivity contribution in [3.05, 3.63) is 107 Å². The van der Waals surface area contributed by atoms with Crippen molar-refractivity contribution in [3.8, 4) is 0 Å². The number of halogens is 1. The van der Waals surface area contributed by atoms with Gasteiger partial charge in [-0.3, -0.25) is 4.79 Å². The van der Waals surface area contributed by atoms with Crippen molar-refractivity contribution in [2.24, 2.45) is 5.92 Å². The highest BCUT2D eigenvalue weighted by molar-refractivity contribution is 5.85. The number of benzene rings is 3. The lowest BCUT2D eigenvalue weighted by atomic mass is 9.72. The summed E-state index contributed by atoms with van der Waals surface area (Å²) >= 11 is 0. The number of likely N-dealkylation sites (tertiary alicyclic amines) is 1. The number of piperidine rings is 1. The number of hydrogen-bond acceptors (Lipinski definition) is 4. The fraction of sp³-hybridized carbons (Fsp3) is 0.406. The fourth-order valence-electron chi connectivity index (χ4n) is 4.91. The van der Waals surface area contributed by atoms with Crippen molar-refractivity contribution >= 4 is 18.4 Å². The number of aliphatic hydroxyl groups is 2. The summed E-state index contributed by atoms with van der Waals surface area (Å²) in [6, 6.07) is -0.174. The number of carboxylic acid groups (broad SMARTS) is 1. The first-order chi connectivity index (χ1) is 21.9. The van der Waals surface area contributed by atoms with Crippen LogP contribution in [0.5, 0.6) is 0 Å². The predicted molar refractivity (Wildman–Crippen MR) is 154 cm³/mol. The van der Waals surface area contributed by atoms with E-state index in [-0.39, 0.29) is 25.2 Å². The minimum absolute atomic E-state index is 0. The molecule has 3 N–H and O–H groups in total. The molecule has 204 valence electrons. The van der Waals surface area contributed by atoms with Gasteiger partial charge in [-0.2, -0.15) is 0 Å². The molecule has 1 heterocycles. The third-order valence-electron chi connectivity index (χ3n) is 7.44. The fourth-order valence-corrected chi connectivity index (χ4v) is 4.91. The van der Waals surface area contributed by atoms with E-state index in [9.17, 15) is 20.1 Å². The smallest absolute Gasteiger partial charge is 0.313 e. The molecule has 4 rings (SSSR count). The SMILES string of the molecule is Cl.[2H]c1c([2H])c([2H])c(C(O)(c2c([2H])c([2H])c([2H])c([2H])c2[2H])C2CCN(CCCC(O)c3ccc(C(C)(C)C(=O)O)cc3)CC2)c([2H])c1[2H]. The molecule has 1 atom stereocenters. The van der Waals surface area contributed by atoms with Crippen molar-refractivity contribution in [1.82, 2.24) is 4.90 Å². The monoisotopic (exact) mass is 547 g/mol. The van der Waals surface area contributed by atoms with Crippen LogP contribution < -0.4 is 0 Å². The maximum Gasteiger partial charge on any atom is 0.313 e. The van der Waals surface area contributed by atoms with Gasteiger partial charge in [0, 0.05) is 0 Å². The second-order valence-electron chi connectivity index (χ2n) is 10.1. The van der Waals surface area contributed by atoms with Gasteiger partial charge in [0.15, 0.2) is 0 Å². The number of carboxylic acids is 1. The number of nitrogens with zero attached hydrogens (tertiary/aromatic N) is 1. The van der Waals surface area contributed by atoms with E-state index in [2.05, 4.69) is 4.90 Å². The second kappa shape index (κ2) is 12.9. The van der Waals surface area contributed by atoms with Gasteiger partial charge in [-0.05, 0) is 87.3 Å². The molecule has 3 aromatic carbocycles. The van der Waals surface area contributed by atoms with Crippen LogP contribution in [-0.2, 0) is 15.8 Å². The van der Waals surface area contributed by atoms with Gasteiger partial charge < -0.3 is 20.2 Å². The van der Waals surface area contributed by atoms with E-state index < -0.39 is 101 Å². The summed E-state index contributed by atoms with van der Waals surface area (Å²) in [5, 5.41) is 32.7. The summed E-state index contributed by atoms with van der Waals surface area (Å²) < 4.78 is 83.3. The van der Waals surface area contributed by atoms with Crippen LogP contribution >= 0.6 is 12.4 Å². The average Bonchev–Trinajstić information content (AvgIpc) is 3.04. The van der Waals surface area contributed by atoms with Gasteiger partial charge in [-0.15, -0.1) is 12.4 Å². The Balaban J connectivity index is 0.00000625. The van der Waals surface area contributed by atoms with Crippen molar-refractivity contribution in [2.45, 2.75) is 56.7 Å².